The van der Waals surface area contributed by atoms with Gasteiger partial charge >= 0.3 is 0 Å². The lowest BCUT2D eigenvalue weighted by Crippen LogP contribution is -2.39. The monoisotopic (exact) mass is 423 g/mol. The third-order valence-corrected chi connectivity index (χ3v) is 6.47. The summed E-state index contributed by atoms with van der Waals surface area (Å²) in [5.74, 6) is 0.343. The van der Waals surface area contributed by atoms with Gasteiger partial charge in [0.15, 0.2) is 17.0 Å². The SMILES string of the molecule is O=C(NC1NC(c2ccco2)=C(C(=O)C2CCOCC2)S1)c1cc2ccccc2[nH]1. The van der Waals surface area contributed by atoms with Crippen LogP contribution in [0.4, 0.5) is 0 Å². The molecule has 154 valence electrons. The normalized spacial score (nSPS) is 19.8. The zero-order valence-electron chi connectivity index (χ0n) is 16.1. The Labute approximate surface area is 177 Å². The lowest BCUT2D eigenvalue weighted by molar-refractivity contribution is -0.121. The van der Waals surface area contributed by atoms with Gasteiger partial charge in [-0.25, -0.2) is 0 Å². The first kappa shape index (κ1) is 19.0. The van der Waals surface area contributed by atoms with E-state index in [1.165, 1.54) is 11.8 Å². The van der Waals surface area contributed by atoms with Gasteiger partial charge in [0.1, 0.15) is 5.69 Å². The van der Waals surface area contributed by atoms with Crippen LogP contribution in [0.5, 0.6) is 0 Å². The van der Waals surface area contributed by atoms with Gasteiger partial charge in [-0.2, -0.15) is 0 Å². The van der Waals surface area contributed by atoms with Gasteiger partial charge in [-0.05, 0) is 37.1 Å². The van der Waals surface area contributed by atoms with E-state index >= 15 is 0 Å². The number of hydrogen-bond donors (Lipinski definition) is 3. The maximum Gasteiger partial charge on any atom is 0.269 e. The lowest BCUT2D eigenvalue weighted by atomic mass is 9.94. The molecule has 0 bridgehead atoms. The maximum absolute atomic E-state index is 13.2. The molecule has 0 saturated carbocycles. The van der Waals surface area contributed by atoms with Crippen LogP contribution in [0.25, 0.3) is 16.6 Å². The van der Waals surface area contributed by atoms with Gasteiger partial charge in [0.25, 0.3) is 5.91 Å². The fourth-order valence-electron chi connectivity index (χ4n) is 3.79. The Bertz CT molecular complexity index is 1080. The molecule has 7 nitrogen and oxygen atoms in total. The minimum atomic E-state index is -0.470. The summed E-state index contributed by atoms with van der Waals surface area (Å²) < 4.78 is 10.9. The summed E-state index contributed by atoms with van der Waals surface area (Å²) in [4.78, 5) is 29.7. The van der Waals surface area contributed by atoms with Crippen molar-refractivity contribution in [1.82, 2.24) is 15.6 Å². The van der Waals surface area contributed by atoms with Crippen molar-refractivity contribution >= 4 is 40.1 Å². The Kier molecular flexibility index (Phi) is 5.10. The summed E-state index contributed by atoms with van der Waals surface area (Å²) in [6.07, 6.45) is 2.99. The molecule has 0 radical (unpaired) electrons. The Morgan fingerprint density at radius 2 is 1.93 bits per heavy atom. The van der Waals surface area contributed by atoms with Gasteiger partial charge in [-0.1, -0.05) is 30.0 Å². The predicted molar refractivity (Wildman–Crippen MR) is 114 cm³/mol. The Balaban J connectivity index is 1.35. The molecule has 0 spiro atoms. The molecule has 5 rings (SSSR count). The van der Waals surface area contributed by atoms with E-state index < -0.39 is 5.50 Å². The summed E-state index contributed by atoms with van der Waals surface area (Å²) in [5, 5.41) is 7.18. The van der Waals surface area contributed by atoms with E-state index in [0.29, 0.717) is 48.1 Å². The highest BCUT2D eigenvalue weighted by Crippen LogP contribution is 2.38. The van der Waals surface area contributed by atoms with E-state index in [-0.39, 0.29) is 17.6 Å². The number of fused-ring (bicyclic) bond motifs is 1. The van der Waals surface area contributed by atoms with Gasteiger partial charge < -0.3 is 24.8 Å². The largest absolute Gasteiger partial charge is 0.463 e. The highest BCUT2D eigenvalue weighted by molar-refractivity contribution is 8.05. The summed E-state index contributed by atoms with van der Waals surface area (Å²) >= 11 is 1.32. The quantitative estimate of drug-likeness (QED) is 0.582. The molecule has 2 aromatic heterocycles. The Morgan fingerprint density at radius 1 is 1.10 bits per heavy atom. The van der Waals surface area contributed by atoms with Gasteiger partial charge in [0.2, 0.25) is 0 Å². The van der Waals surface area contributed by atoms with Crippen LogP contribution in [-0.4, -0.2) is 35.4 Å². The van der Waals surface area contributed by atoms with Gasteiger partial charge in [-0.3, -0.25) is 9.59 Å². The molecule has 3 N–H and O–H groups in total. The van der Waals surface area contributed by atoms with Crippen LogP contribution in [0, 0.1) is 5.92 Å². The third-order valence-electron chi connectivity index (χ3n) is 5.36. The smallest absolute Gasteiger partial charge is 0.269 e. The molecular weight excluding hydrogens is 402 g/mol. The third kappa shape index (κ3) is 3.64. The summed E-state index contributed by atoms with van der Waals surface area (Å²) in [5.41, 5.74) is 1.54. The first-order valence-electron chi connectivity index (χ1n) is 9.91. The molecule has 3 aromatic rings. The van der Waals surface area contributed by atoms with Crippen molar-refractivity contribution in [1.29, 1.82) is 0 Å². The van der Waals surface area contributed by atoms with Crippen LogP contribution >= 0.6 is 11.8 Å². The van der Waals surface area contributed by atoms with E-state index in [0.717, 1.165) is 10.9 Å². The minimum Gasteiger partial charge on any atom is -0.463 e. The molecule has 1 unspecified atom stereocenters. The van der Waals surface area contributed by atoms with Crippen molar-refractivity contribution in [2.24, 2.45) is 5.92 Å². The van der Waals surface area contributed by atoms with Crippen LogP contribution < -0.4 is 10.6 Å². The van der Waals surface area contributed by atoms with Gasteiger partial charge in [0, 0.05) is 30.0 Å². The number of furan rings is 1. The molecule has 1 fully saturated rings. The average Bonchev–Trinajstić information content (AvgIpc) is 3.52. The van der Waals surface area contributed by atoms with Crippen LogP contribution in [-0.2, 0) is 9.53 Å². The first-order valence-corrected chi connectivity index (χ1v) is 10.8. The number of carbonyl (C=O) groups is 2. The highest BCUT2D eigenvalue weighted by atomic mass is 32.2. The number of ketones is 1. The van der Waals surface area contributed by atoms with Crippen LogP contribution in [0.15, 0.2) is 58.1 Å². The van der Waals surface area contributed by atoms with E-state index in [1.807, 2.05) is 36.4 Å². The minimum absolute atomic E-state index is 0.0730. The number of H-pyrrole nitrogens is 1. The van der Waals surface area contributed by atoms with E-state index in [4.69, 9.17) is 9.15 Å². The van der Waals surface area contributed by atoms with Crippen molar-refractivity contribution < 1.29 is 18.7 Å². The first-order chi connectivity index (χ1) is 14.7. The average molecular weight is 423 g/mol. The van der Waals surface area contributed by atoms with Crippen LogP contribution in [0.3, 0.4) is 0 Å². The van der Waals surface area contributed by atoms with Crippen molar-refractivity contribution in [2.45, 2.75) is 18.3 Å². The molecule has 1 saturated heterocycles. The number of amides is 1. The predicted octanol–water partition coefficient (Wildman–Crippen LogP) is 3.48. The lowest BCUT2D eigenvalue weighted by Gasteiger charge is -2.21. The second-order valence-corrected chi connectivity index (χ2v) is 8.43. The molecule has 30 heavy (non-hydrogen) atoms. The van der Waals surface area contributed by atoms with E-state index in [2.05, 4.69) is 15.6 Å². The summed E-state index contributed by atoms with van der Waals surface area (Å²) in [7, 11) is 0. The molecule has 8 heteroatoms. The number of hydrogen-bond acceptors (Lipinski definition) is 6. The summed E-state index contributed by atoms with van der Waals surface area (Å²) in [6, 6.07) is 13.1. The Hall–Kier alpha value is -2.97. The number of benzene rings is 1. The molecule has 2 aliphatic heterocycles. The molecule has 1 amide bonds. The molecule has 0 aliphatic carbocycles. The van der Waals surface area contributed by atoms with Crippen molar-refractivity contribution in [3.8, 4) is 0 Å². The van der Waals surface area contributed by atoms with E-state index in [1.54, 1.807) is 12.3 Å². The van der Waals surface area contributed by atoms with Gasteiger partial charge in [0.05, 0.1) is 16.9 Å². The van der Waals surface area contributed by atoms with E-state index in [9.17, 15) is 9.59 Å². The number of ether oxygens (including phenoxy) is 1. The van der Waals surface area contributed by atoms with Crippen LogP contribution in [0.1, 0.15) is 29.1 Å². The highest BCUT2D eigenvalue weighted by Gasteiger charge is 2.35. The van der Waals surface area contributed by atoms with Crippen molar-refractivity contribution in [3.05, 3.63) is 65.1 Å². The second kappa shape index (κ2) is 8.04. The molecular formula is C22H21N3O4S. The number of aromatic amines is 1. The molecule has 2 aliphatic rings. The second-order valence-electron chi connectivity index (χ2n) is 7.32. The summed E-state index contributed by atoms with van der Waals surface area (Å²) in [6.45, 7) is 1.19. The molecule has 4 heterocycles. The maximum atomic E-state index is 13.2. The number of Topliss-reactive ketones (excluding diaryl/α,β-unsaturated/α-hetero) is 1. The fraction of sp³-hybridized carbons (Fsp3) is 0.273. The van der Waals surface area contributed by atoms with Crippen molar-refractivity contribution in [3.63, 3.8) is 0 Å². The number of allylic oxidation sites excluding steroid dienone is 1. The number of carbonyl (C=O) groups excluding carboxylic acids is 2. The fourth-order valence-corrected chi connectivity index (χ4v) is 4.93. The molecule has 1 aromatic carbocycles. The van der Waals surface area contributed by atoms with Crippen LogP contribution in [0.2, 0.25) is 0 Å². The number of nitrogens with one attached hydrogen (secondary N) is 3. The number of para-hydroxylation sites is 1. The number of aromatic nitrogens is 1. The standard InChI is InChI=1S/C22H21N3O4S/c26-19(13-7-10-28-11-8-13)20-18(17-6-3-9-29-17)24-22(30-20)25-21(27)16-12-14-4-1-2-5-15(14)23-16/h1-6,9,12-13,22-24H,7-8,10-11H2,(H,25,27). The zero-order chi connectivity index (χ0) is 20.5. The van der Waals surface area contributed by atoms with Crippen molar-refractivity contribution in [2.75, 3.05) is 13.2 Å². The zero-order valence-corrected chi connectivity index (χ0v) is 17.0. The Morgan fingerprint density at radius 3 is 2.70 bits per heavy atom. The van der Waals surface area contributed by atoms with Gasteiger partial charge in [-0.15, -0.1) is 0 Å². The topological polar surface area (TPSA) is 96.4 Å². The molecule has 1 atom stereocenters. The number of thioether (sulfide) groups is 1. The number of rotatable bonds is 5.